The van der Waals surface area contributed by atoms with Crippen molar-refractivity contribution in [1.29, 1.82) is 0 Å². The van der Waals surface area contributed by atoms with Crippen LogP contribution in [0.3, 0.4) is 0 Å². The van der Waals surface area contributed by atoms with E-state index in [2.05, 4.69) is 50.4 Å². The summed E-state index contributed by atoms with van der Waals surface area (Å²) < 4.78 is 0. The van der Waals surface area contributed by atoms with Crippen molar-refractivity contribution in [2.45, 2.75) is 6.92 Å². The summed E-state index contributed by atoms with van der Waals surface area (Å²) in [6.45, 7) is 10.2. The second-order valence-electron chi connectivity index (χ2n) is 3.76. The third-order valence-corrected chi connectivity index (χ3v) is 2.71. The van der Waals surface area contributed by atoms with Gasteiger partial charge in [-0.1, -0.05) is 55.6 Å². The molecule has 0 amide bonds. The summed E-state index contributed by atoms with van der Waals surface area (Å²) in [5.74, 6) is 0. The molecule has 74 valence electrons. The lowest BCUT2D eigenvalue weighted by atomic mass is 9.99. The topological polar surface area (TPSA) is 0 Å². The molecular weight excluding hydrogens is 180 g/mol. The Morgan fingerprint density at radius 3 is 2.20 bits per heavy atom. The minimum absolute atomic E-state index is 0.996. The SMILES string of the molecule is C=c1cccc(-c2ccccc2C)c1=C. The molecule has 0 atom stereocenters. The van der Waals surface area contributed by atoms with E-state index in [1.165, 1.54) is 16.7 Å². The lowest BCUT2D eigenvalue weighted by Gasteiger charge is -2.06. The zero-order valence-electron chi connectivity index (χ0n) is 8.96. The zero-order valence-corrected chi connectivity index (χ0v) is 8.96. The fraction of sp³-hybridized carbons (Fsp3) is 0.0667. The number of hydrogen-bond donors (Lipinski definition) is 0. The second kappa shape index (κ2) is 3.74. The monoisotopic (exact) mass is 194 g/mol. The van der Waals surface area contributed by atoms with E-state index in [1.54, 1.807) is 0 Å². The first kappa shape index (κ1) is 9.72. The van der Waals surface area contributed by atoms with Crippen molar-refractivity contribution in [2.75, 3.05) is 0 Å². The Morgan fingerprint density at radius 2 is 1.47 bits per heavy atom. The summed E-state index contributed by atoms with van der Waals surface area (Å²) in [6, 6.07) is 14.5. The van der Waals surface area contributed by atoms with Gasteiger partial charge in [-0.25, -0.2) is 0 Å². The highest BCUT2D eigenvalue weighted by Crippen LogP contribution is 2.18. The summed E-state index contributed by atoms with van der Waals surface area (Å²) in [5, 5.41) is 2.02. The molecule has 0 heteroatoms. The van der Waals surface area contributed by atoms with E-state index in [0.29, 0.717) is 0 Å². The van der Waals surface area contributed by atoms with Crippen LogP contribution in [0, 0.1) is 6.92 Å². The molecule has 0 fully saturated rings. The number of hydrogen-bond acceptors (Lipinski definition) is 0. The van der Waals surface area contributed by atoms with Crippen LogP contribution in [0.15, 0.2) is 42.5 Å². The van der Waals surface area contributed by atoms with Gasteiger partial charge in [-0.15, -0.1) is 0 Å². The predicted molar refractivity (Wildman–Crippen MR) is 66.9 cm³/mol. The summed E-state index contributed by atoms with van der Waals surface area (Å²) >= 11 is 0. The van der Waals surface area contributed by atoms with Gasteiger partial charge in [0, 0.05) is 0 Å². The minimum Gasteiger partial charge on any atom is -0.0912 e. The molecule has 0 aliphatic carbocycles. The Bertz CT molecular complexity index is 579. The molecule has 0 saturated carbocycles. The highest BCUT2D eigenvalue weighted by atomic mass is 14.0. The fourth-order valence-electron chi connectivity index (χ4n) is 1.76. The van der Waals surface area contributed by atoms with E-state index in [0.717, 1.165) is 10.4 Å². The molecule has 0 aliphatic rings. The molecule has 15 heavy (non-hydrogen) atoms. The first-order chi connectivity index (χ1) is 7.20. The highest BCUT2D eigenvalue weighted by Gasteiger charge is 2.00. The normalized spacial score (nSPS) is 10.2. The maximum Gasteiger partial charge on any atom is -0.0109 e. The van der Waals surface area contributed by atoms with Gasteiger partial charge in [0.15, 0.2) is 0 Å². The molecule has 0 spiro atoms. The molecule has 0 nitrogen and oxygen atoms in total. The van der Waals surface area contributed by atoms with Crippen LogP contribution in [-0.2, 0) is 0 Å². The molecule has 2 aromatic rings. The predicted octanol–water partition coefficient (Wildman–Crippen LogP) is 2.48. The van der Waals surface area contributed by atoms with Crippen LogP contribution >= 0.6 is 0 Å². The number of benzene rings is 2. The molecule has 0 radical (unpaired) electrons. The van der Waals surface area contributed by atoms with Crippen molar-refractivity contribution >= 4 is 13.2 Å². The Labute approximate surface area is 90.2 Å². The molecule has 2 aromatic carbocycles. The van der Waals surface area contributed by atoms with E-state index in [4.69, 9.17) is 0 Å². The molecule has 2 rings (SSSR count). The van der Waals surface area contributed by atoms with Crippen molar-refractivity contribution < 1.29 is 0 Å². The van der Waals surface area contributed by atoms with Crippen molar-refractivity contribution in [1.82, 2.24) is 0 Å². The van der Waals surface area contributed by atoms with Crippen molar-refractivity contribution in [3.05, 3.63) is 58.5 Å². The Balaban J connectivity index is 2.76. The third kappa shape index (κ3) is 1.71. The molecule has 0 heterocycles. The largest absolute Gasteiger partial charge is 0.0912 e. The lowest BCUT2D eigenvalue weighted by Crippen LogP contribution is -2.23. The highest BCUT2D eigenvalue weighted by molar-refractivity contribution is 5.67. The first-order valence-corrected chi connectivity index (χ1v) is 5.03. The average molecular weight is 194 g/mol. The van der Waals surface area contributed by atoms with Crippen LogP contribution in [-0.4, -0.2) is 0 Å². The second-order valence-corrected chi connectivity index (χ2v) is 3.76. The molecule has 0 saturated heterocycles. The van der Waals surface area contributed by atoms with E-state index >= 15 is 0 Å². The van der Waals surface area contributed by atoms with Gasteiger partial charge in [-0.05, 0) is 34.1 Å². The smallest absolute Gasteiger partial charge is 0.0109 e. The van der Waals surface area contributed by atoms with Crippen LogP contribution in [0.1, 0.15) is 5.56 Å². The first-order valence-electron chi connectivity index (χ1n) is 5.03. The Hall–Kier alpha value is -1.82. The van der Waals surface area contributed by atoms with Crippen LogP contribution in [0.25, 0.3) is 24.3 Å². The summed E-state index contributed by atoms with van der Waals surface area (Å²) in [6.07, 6.45) is 0. The van der Waals surface area contributed by atoms with Gasteiger partial charge in [0.25, 0.3) is 0 Å². The molecule has 0 aliphatic heterocycles. The molecular formula is C15H14. The van der Waals surface area contributed by atoms with Gasteiger partial charge in [-0.2, -0.15) is 0 Å². The van der Waals surface area contributed by atoms with Gasteiger partial charge >= 0.3 is 0 Å². The van der Waals surface area contributed by atoms with Crippen molar-refractivity contribution in [2.24, 2.45) is 0 Å². The summed E-state index contributed by atoms with van der Waals surface area (Å²) in [7, 11) is 0. The maximum absolute atomic E-state index is 4.08. The fourth-order valence-corrected chi connectivity index (χ4v) is 1.76. The molecule has 0 unspecified atom stereocenters. The van der Waals surface area contributed by atoms with E-state index in [1.807, 2.05) is 12.1 Å². The standard InChI is InChI=1S/C15H14/c1-11-8-6-10-15(13(11)3)14-9-5-4-7-12(14)2/h4-10H,1,3H2,2H3. The maximum atomic E-state index is 4.08. The zero-order chi connectivity index (χ0) is 10.8. The number of aryl methyl sites for hydroxylation is 1. The van der Waals surface area contributed by atoms with Crippen LogP contribution < -0.4 is 10.4 Å². The van der Waals surface area contributed by atoms with Gasteiger partial charge in [-0.3, -0.25) is 0 Å². The number of rotatable bonds is 1. The molecule has 0 bridgehead atoms. The average Bonchev–Trinajstić information content (AvgIpc) is 2.23. The van der Waals surface area contributed by atoms with Crippen molar-refractivity contribution in [3.63, 3.8) is 0 Å². The quantitative estimate of drug-likeness (QED) is 0.654. The lowest BCUT2D eigenvalue weighted by molar-refractivity contribution is 1.43. The minimum atomic E-state index is 0.996. The molecule has 0 aromatic heterocycles. The molecule has 0 N–H and O–H groups in total. The van der Waals surface area contributed by atoms with Gasteiger partial charge in [0.1, 0.15) is 0 Å². The summed E-state index contributed by atoms with van der Waals surface area (Å²) in [5.41, 5.74) is 3.70. The van der Waals surface area contributed by atoms with Gasteiger partial charge in [0.05, 0.1) is 0 Å². The van der Waals surface area contributed by atoms with E-state index in [9.17, 15) is 0 Å². The van der Waals surface area contributed by atoms with E-state index in [-0.39, 0.29) is 0 Å². The Kier molecular flexibility index (Phi) is 2.42. The van der Waals surface area contributed by atoms with E-state index < -0.39 is 0 Å². The van der Waals surface area contributed by atoms with Gasteiger partial charge < -0.3 is 0 Å². The van der Waals surface area contributed by atoms with Crippen LogP contribution in [0.4, 0.5) is 0 Å². The van der Waals surface area contributed by atoms with Crippen LogP contribution in [0.5, 0.6) is 0 Å². The van der Waals surface area contributed by atoms with Crippen LogP contribution in [0.2, 0.25) is 0 Å². The van der Waals surface area contributed by atoms with Crippen molar-refractivity contribution in [3.8, 4) is 11.1 Å². The Morgan fingerprint density at radius 1 is 0.800 bits per heavy atom. The third-order valence-electron chi connectivity index (χ3n) is 2.71. The van der Waals surface area contributed by atoms with Gasteiger partial charge in [0.2, 0.25) is 0 Å². The summed E-state index contributed by atoms with van der Waals surface area (Å²) in [4.78, 5) is 0.